The van der Waals surface area contributed by atoms with Gasteiger partial charge in [-0.05, 0) is 58.2 Å². The number of benzene rings is 2. The number of amides is 3. The Bertz CT molecular complexity index is 1040. The van der Waals surface area contributed by atoms with Crippen LogP contribution in [0, 0.1) is 13.8 Å². The minimum absolute atomic E-state index is 0.0902. The number of aromatic hydroxyl groups is 1. The molecule has 36 heavy (non-hydrogen) atoms. The summed E-state index contributed by atoms with van der Waals surface area (Å²) in [4.78, 5) is 40.8. The SMILES string of the molecule is CCCCCN(C(=O)CNC(=O)OC(C)(C)C)C(C(=O)Nc1c(C)cccc1C)c1ccccc1O. The number of aryl methyl sites for hydroxylation is 2. The van der Waals surface area contributed by atoms with Crippen molar-refractivity contribution in [1.29, 1.82) is 0 Å². The van der Waals surface area contributed by atoms with Gasteiger partial charge in [0, 0.05) is 17.8 Å². The van der Waals surface area contributed by atoms with E-state index >= 15 is 0 Å². The summed E-state index contributed by atoms with van der Waals surface area (Å²) in [5.41, 5.74) is 2.03. The number of phenolic OH excluding ortho intramolecular Hbond substituents is 1. The van der Waals surface area contributed by atoms with Gasteiger partial charge in [0.2, 0.25) is 5.91 Å². The maximum atomic E-state index is 13.7. The highest BCUT2D eigenvalue weighted by molar-refractivity contribution is 5.99. The van der Waals surface area contributed by atoms with E-state index in [0.29, 0.717) is 17.7 Å². The van der Waals surface area contributed by atoms with E-state index in [1.165, 1.54) is 11.0 Å². The highest BCUT2D eigenvalue weighted by Gasteiger charge is 2.33. The molecule has 3 N–H and O–H groups in total. The van der Waals surface area contributed by atoms with Crippen molar-refractivity contribution < 1.29 is 24.2 Å². The van der Waals surface area contributed by atoms with E-state index in [1.54, 1.807) is 39.0 Å². The normalized spacial score (nSPS) is 11.9. The Morgan fingerprint density at radius 2 is 1.64 bits per heavy atom. The molecule has 0 saturated carbocycles. The van der Waals surface area contributed by atoms with Crippen LogP contribution in [0.15, 0.2) is 42.5 Å². The number of nitrogens with zero attached hydrogens (tertiary/aromatic N) is 1. The van der Waals surface area contributed by atoms with Crippen LogP contribution in [0.1, 0.15) is 69.7 Å². The number of unbranched alkanes of at least 4 members (excludes halogenated alkanes) is 2. The first-order valence-electron chi connectivity index (χ1n) is 12.4. The zero-order valence-corrected chi connectivity index (χ0v) is 22.2. The molecule has 0 radical (unpaired) electrons. The fourth-order valence-corrected chi connectivity index (χ4v) is 3.87. The molecule has 0 aliphatic rings. The fraction of sp³-hybridized carbons (Fsp3) is 0.464. The molecular weight excluding hydrogens is 458 g/mol. The molecule has 0 heterocycles. The van der Waals surface area contributed by atoms with Crippen LogP contribution in [0.3, 0.4) is 0 Å². The number of nitrogens with one attached hydrogen (secondary N) is 2. The molecular formula is C28H39N3O5. The molecule has 0 saturated heterocycles. The van der Waals surface area contributed by atoms with Gasteiger partial charge in [0.15, 0.2) is 0 Å². The number of hydrogen-bond donors (Lipinski definition) is 3. The summed E-state index contributed by atoms with van der Waals surface area (Å²) in [5.74, 6) is -0.995. The average molecular weight is 498 g/mol. The Morgan fingerprint density at radius 1 is 1.00 bits per heavy atom. The molecule has 196 valence electrons. The van der Waals surface area contributed by atoms with Gasteiger partial charge in [0.05, 0.1) is 0 Å². The van der Waals surface area contributed by atoms with E-state index in [-0.39, 0.29) is 18.8 Å². The number of phenols is 1. The van der Waals surface area contributed by atoms with Gasteiger partial charge in [0.25, 0.3) is 5.91 Å². The number of carbonyl (C=O) groups excluding carboxylic acids is 3. The molecule has 0 aliphatic carbocycles. The van der Waals surface area contributed by atoms with E-state index in [0.717, 1.165) is 24.0 Å². The lowest BCUT2D eigenvalue weighted by atomic mass is 10.0. The van der Waals surface area contributed by atoms with Crippen molar-refractivity contribution in [2.45, 2.75) is 72.4 Å². The first kappa shape index (κ1) is 28.7. The second-order valence-electron chi connectivity index (χ2n) is 9.87. The fourth-order valence-electron chi connectivity index (χ4n) is 3.87. The molecule has 8 heteroatoms. The molecule has 0 aromatic heterocycles. The number of carbonyl (C=O) groups is 3. The highest BCUT2D eigenvalue weighted by Crippen LogP contribution is 2.31. The second-order valence-corrected chi connectivity index (χ2v) is 9.87. The van der Waals surface area contributed by atoms with Crippen molar-refractivity contribution in [1.82, 2.24) is 10.2 Å². The molecule has 2 aromatic rings. The first-order chi connectivity index (χ1) is 16.9. The summed E-state index contributed by atoms with van der Waals surface area (Å²) in [7, 11) is 0. The van der Waals surface area contributed by atoms with Crippen molar-refractivity contribution in [3.05, 3.63) is 59.2 Å². The van der Waals surface area contributed by atoms with E-state index in [4.69, 9.17) is 4.74 Å². The van der Waals surface area contributed by atoms with Gasteiger partial charge in [-0.25, -0.2) is 4.79 Å². The molecule has 8 nitrogen and oxygen atoms in total. The summed E-state index contributed by atoms with van der Waals surface area (Å²) in [6.07, 6.45) is 1.72. The molecule has 0 spiro atoms. The van der Waals surface area contributed by atoms with E-state index in [1.807, 2.05) is 39.0 Å². The van der Waals surface area contributed by atoms with Gasteiger partial charge in [-0.1, -0.05) is 56.2 Å². The quantitative estimate of drug-likeness (QED) is 0.390. The van der Waals surface area contributed by atoms with E-state index < -0.39 is 29.6 Å². The molecule has 2 aromatic carbocycles. The number of alkyl carbamates (subject to hydrolysis) is 1. The van der Waals surface area contributed by atoms with Crippen molar-refractivity contribution in [2.24, 2.45) is 0 Å². The molecule has 1 unspecified atom stereocenters. The van der Waals surface area contributed by atoms with E-state index in [9.17, 15) is 19.5 Å². The summed E-state index contributed by atoms with van der Waals surface area (Å²) < 4.78 is 5.24. The summed E-state index contributed by atoms with van der Waals surface area (Å²) in [6.45, 7) is 11.0. The Labute approximate surface area is 214 Å². The predicted octanol–water partition coefficient (Wildman–Crippen LogP) is 5.23. The van der Waals surface area contributed by atoms with E-state index in [2.05, 4.69) is 10.6 Å². The summed E-state index contributed by atoms with van der Waals surface area (Å²) in [5, 5.41) is 16.1. The number of para-hydroxylation sites is 2. The van der Waals surface area contributed by atoms with Crippen LogP contribution in [0.4, 0.5) is 10.5 Å². The Kier molecular flexibility index (Phi) is 10.3. The Balaban J connectivity index is 2.42. The van der Waals surface area contributed by atoms with Gasteiger partial charge in [-0.15, -0.1) is 0 Å². The van der Waals surface area contributed by atoms with Crippen LogP contribution in [0.2, 0.25) is 0 Å². The van der Waals surface area contributed by atoms with Crippen molar-refractivity contribution >= 4 is 23.6 Å². The number of ether oxygens (including phenoxy) is 1. The number of rotatable bonds is 10. The number of hydrogen-bond acceptors (Lipinski definition) is 5. The van der Waals surface area contributed by atoms with Crippen molar-refractivity contribution in [2.75, 3.05) is 18.4 Å². The molecule has 3 amide bonds. The predicted molar refractivity (Wildman–Crippen MR) is 141 cm³/mol. The monoisotopic (exact) mass is 497 g/mol. The minimum atomic E-state index is -1.10. The third-order valence-corrected chi connectivity index (χ3v) is 5.63. The van der Waals surface area contributed by atoms with Crippen molar-refractivity contribution in [3.63, 3.8) is 0 Å². The molecule has 0 aliphatic heterocycles. The Hall–Kier alpha value is -3.55. The minimum Gasteiger partial charge on any atom is -0.508 e. The topological polar surface area (TPSA) is 108 Å². The largest absolute Gasteiger partial charge is 0.508 e. The van der Waals surface area contributed by atoms with Crippen molar-refractivity contribution in [3.8, 4) is 5.75 Å². The maximum absolute atomic E-state index is 13.7. The standard InChI is InChI=1S/C28H39N3O5/c1-7-8-11-17-31(23(33)18-29-27(35)36-28(4,5)6)25(21-15-9-10-16-22(21)32)26(34)30-24-19(2)13-12-14-20(24)3/h9-10,12-16,25,32H,7-8,11,17-18H2,1-6H3,(H,29,35)(H,30,34). The van der Waals surface area contributed by atoms with Crippen LogP contribution in [0.25, 0.3) is 0 Å². The first-order valence-corrected chi connectivity index (χ1v) is 12.4. The smallest absolute Gasteiger partial charge is 0.408 e. The van der Waals surface area contributed by atoms with Crippen LogP contribution in [0.5, 0.6) is 5.75 Å². The zero-order valence-electron chi connectivity index (χ0n) is 22.2. The lowest BCUT2D eigenvalue weighted by molar-refractivity contribution is -0.138. The third kappa shape index (κ3) is 8.29. The van der Waals surface area contributed by atoms with Gasteiger partial charge >= 0.3 is 6.09 Å². The highest BCUT2D eigenvalue weighted by atomic mass is 16.6. The average Bonchev–Trinajstić information content (AvgIpc) is 2.79. The van der Waals surface area contributed by atoms with Gasteiger partial charge < -0.3 is 25.4 Å². The van der Waals surface area contributed by atoms with Crippen LogP contribution in [-0.2, 0) is 14.3 Å². The van der Waals surface area contributed by atoms with Gasteiger partial charge in [-0.3, -0.25) is 9.59 Å². The Morgan fingerprint density at radius 3 is 2.22 bits per heavy atom. The second kappa shape index (κ2) is 13.0. The molecule has 0 fully saturated rings. The zero-order chi connectivity index (χ0) is 26.9. The van der Waals surface area contributed by atoms with Crippen LogP contribution in [-0.4, -0.2) is 46.6 Å². The van der Waals surface area contributed by atoms with Crippen LogP contribution >= 0.6 is 0 Å². The molecule has 0 bridgehead atoms. The van der Waals surface area contributed by atoms with Gasteiger partial charge in [0.1, 0.15) is 23.9 Å². The summed E-state index contributed by atoms with van der Waals surface area (Å²) >= 11 is 0. The molecule has 2 rings (SSSR count). The lowest BCUT2D eigenvalue weighted by Gasteiger charge is -2.32. The van der Waals surface area contributed by atoms with Gasteiger partial charge in [-0.2, -0.15) is 0 Å². The lowest BCUT2D eigenvalue weighted by Crippen LogP contribution is -2.47. The van der Waals surface area contributed by atoms with Crippen LogP contribution < -0.4 is 10.6 Å². The summed E-state index contributed by atoms with van der Waals surface area (Å²) in [6, 6.07) is 11.1. The maximum Gasteiger partial charge on any atom is 0.408 e. The molecule has 1 atom stereocenters. The number of anilines is 1. The third-order valence-electron chi connectivity index (χ3n) is 5.63.